The van der Waals surface area contributed by atoms with Crippen molar-refractivity contribution in [2.45, 2.75) is 31.3 Å². The van der Waals surface area contributed by atoms with Crippen LogP contribution in [0.5, 0.6) is 0 Å². The van der Waals surface area contributed by atoms with Gasteiger partial charge in [0, 0.05) is 31.3 Å². The van der Waals surface area contributed by atoms with Gasteiger partial charge in [-0.1, -0.05) is 18.2 Å². The fourth-order valence-electron chi connectivity index (χ4n) is 3.22. The first-order chi connectivity index (χ1) is 9.33. The average molecular weight is 260 g/mol. The molecule has 2 unspecified atom stereocenters. The number of hydrogen-bond acceptors (Lipinski definition) is 3. The van der Waals surface area contributed by atoms with Crippen molar-refractivity contribution in [1.29, 1.82) is 0 Å². The minimum Gasteiger partial charge on any atom is -0.384 e. The zero-order chi connectivity index (χ0) is 13.1. The molecule has 0 radical (unpaired) electrons. The molecule has 0 aliphatic carbocycles. The van der Waals surface area contributed by atoms with Crippen LogP contribution < -0.4 is 5.32 Å². The van der Waals surface area contributed by atoms with Gasteiger partial charge in [-0.15, -0.1) is 0 Å². The van der Waals surface area contributed by atoms with E-state index < -0.39 is 0 Å². The molecule has 0 bridgehead atoms. The van der Waals surface area contributed by atoms with E-state index in [0.717, 1.165) is 26.2 Å². The van der Waals surface area contributed by atoms with Gasteiger partial charge in [-0.3, -0.25) is 0 Å². The van der Waals surface area contributed by atoms with E-state index in [2.05, 4.69) is 41.5 Å². The van der Waals surface area contributed by atoms with Crippen molar-refractivity contribution in [2.75, 3.05) is 38.6 Å². The zero-order valence-corrected chi connectivity index (χ0v) is 11.8. The van der Waals surface area contributed by atoms with Gasteiger partial charge in [-0.25, -0.2) is 0 Å². The molecule has 1 N–H and O–H groups in total. The fourth-order valence-corrected chi connectivity index (χ4v) is 3.22. The third-order valence-electron chi connectivity index (χ3n) is 4.34. The summed E-state index contributed by atoms with van der Waals surface area (Å²) in [6.07, 6.45) is 4.17. The topological polar surface area (TPSA) is 24.5 Å². The second-order valence-corrected chi connectivity index (χ2v) is 5.85. The summed E-state index contributed by atoms with van der Waals surface area (Å²) in [4.78, 5) is 2.43. The zero-order valence-electron chi connectivity index (χ0n) is 11.8. The van der Waals surface area contributed by atoms with Gasteiger partial charge in [-0.2, -0.15) is 0 Å². The van der Waals surface area contributed by atoms with Gasteiger partial charge < -0.3 is 15.0 Å². The van der Waals surface area contributed by atoms with Crippen LogP contribution in [0, 0.1) is 0 Å². The first kappa shape index (κ1) is 12.9. The van der Waals surface area contributed by atoms with E-state index in [1.54, 1.807) is 0 Å². The average Bonchev–Trinajstić information content (AvgIpc) is 3.05. The molecular formula is C16H24N2O. The van der Waals surface area contributed by atoms with Crippen LogP contribution in [0.15, 0.2) is 24.3 Å². The normalized spacial score (nSPS) is 25.6. The highest BCUT2D eigenvalue weighted by molar-refractivity contribution is 5.57. The van der Waals surface area contributed by atoms with E-state index in [0.29, 0.717) is 12.0 Å². The van der Waals surface area contributed by atoms with Crippen molar-refractivity contribution in [3.05, 3.63) is 29.8 Å². The van der Waals surface area contributed by atoms with E-state index in [-0.39, 0.29) is 0 Å². The Morgan fingerprint density at radius 3 is 3.11 bits per heavy atom. The predicted octanol–water partition coefficient (Wildman–Crippen LogP) is 2.70. The predicted molar refractivity (Wildman–Crippen MR) is 78.8 cm³/mol. The molecule has 104 valence electrons. The maximum atomic E-state index is 5.70. The fraction of sp³-hybridized carbons (Fsp3) is 0.625. The number of para-hydroxylation sites is 1. The number of ether oxygens (including phenoxy) is 1. The van der Waals surface area contributed by atoms with Gasteiger partial charge in [0.05, 0.1) is 6.10 Å². The van der Waals surface area contributed by atoms with E-state index in [1.807, 2.05) is 0 Å². The van der Waals surface area contributed by atoms with E-state index in [1.165, 1.54) is 30.5 Å². The minimum atomic E-state index is 0.471. The smallest absolute Gasteiger partial charge is 0.0702 e. The highest BCUT2D eigenvalue weighted by Gasteiger charge is 2.22. The Balaban J connectivity index is 1.47. The van der Waals surface area contributed by atoms with Crippen LogP contribution in [0.4, 0.5) is 5.69 Å². The molecule has 1 aromatic carbocycles. The lowest BCUT2D eigenvalue weighted by molar-refractivity contribution is 0.0805. The minimum absolute atomic E-state index is 0.471. The summed E-state index contributed by atoms with van der Waals surface area (Å²) >= 11 is 0. The summed E-state index contributed by atoms with van der Waals surface area (Å²) in [5.41, 5.74) is 2.82. The third kappa shape index (κ3) is 3.10. The van der Waals surface area contributed by atoms with Gasteiger partial charge in [0.2, 0.25) is 0 Å². The van der Waals surface area contributed by atoms with Gasteiger partial charge in [0.15, 0.2) is 0 Å². The lowest BCUT2D eigenvalue weighted by Crippen LogP contribution is -2.30. The Labute approximate surface area is 115 Å². The molecule has 19 heavy (non-hydrogen) atoms. The van der Waals surface area contributed by atoms with Crippen molar-refractivity contribution in [3.8, 4) is 0 Å². The van der Waals surface area contributed by atoms with Gasteiger partial charge >= 0.3 is 0 Å². The Hall–Kier alpha value is -1.06. The second-order valence-electron chi connectivity index (χ2n) is 5.85. The lowest BCUT2D eigenvalue weighted by Gasteiger charge is -2.22. The molecule has 2 atom stereocenters. The summed E-state index contributed by atoms with van der Waals surface area (Å²) in [6.45, 7) is 4.29. The molecule has 0 amide bonds. The Kier molecular flexibility index (Phi) is 4.04. The van der Waals surface area contributed by atoms with Crippen molar-refractivity contribution in [1.82, 2.24) is 4.90 Å². The maximum Gasteiger partial charge on any atom is 0.0702 e. The Morgan fingerprint density at radius 1 is 1.37 bits per heavy atom. The molecule has 2 aliphatic rings. The van der Waals surface area contributed by atoms with Crippen LogP contribution >= 0.6 is 0 Å². The van der Waals surface area contributed by atoms with Crippen molar-refractivity contribution < 1.29 is 4.74 Å². The molecule has 3 rings (SSSR count). The van der Waals surface area contributed by atoms with Gasteiger partial charge in [0.25, 0.3) is 0 Å². The Morgan fingerprint density at radius 2 is 2.26 bits per heavy atom. The first-order valence-electron chi connectivity index (χ1n) is 7.46. The van der Waals surface area contributed by atoms with Crippen LogP contribution in [0.3, 0.4) is 0 Å². The molecule has 2 aliphatic heterocycles. The highest BCUT2D eigenvalue weighted by Crippen LogP contribution is 2.33. The number of fused-ring (bicyclic) bond motifs is 1. The molecule has 0 spiro atoms. The van der Waals surface area contributed by atoms with Crippen molar-refractivity contribution in [2.24, 2.45) is 0 Å². The van der Waals surface area contributed by atoms with Crippen LogP contribution in [0.1, 0.15) is 30.7 Å². The van der Waals surface area contributed by atoms with Gasteiger partial charge in [0.1, 0.15) is 0 Å². The summed E-state index contributed by atoms with van der Waals surface area (Å²) in [5, 5.41) is 3.50. The third-order valence-corrected chi connectivity index (χ3v) is 4.34. The molecule has 0 aromatic heterocycles. The van der Waals surface area contributed by atoms with Crippen LogP contribution in [0.2, 0.25) is 0 Å². The van der Waals surface area contributed by atoms with E-state index >= 15 is 0 Å². The number of anilines is 1. The summed E-state index contributed by atoms with van der Waals surface area (Å²) in [6, 6.07) is 8.71. The summed E-state index contributed by atoms with van der Waals surface area (Å²) in [5.74, 6) is 0.670. The number of rotatable bonds is 5. The highest BCUT2D eigenvalue weighted by atomic mass is 16.5. The molecule has 1 aromatic rings. The number of benzene rings is 1. The number of nitrogens with zero attached hydrogens (tertiary/aromatic N) is 1. The largest absolute Gasteiger partial charge is 0.384 e. The van der Waals surface area contributed by atoms with Crippen molar-refractivity contribution >= 4 is 5.69 Å². The molecule has 0 saturated carbocycles. The lowest BCUT2D eigenvalue weighted by atomic mass is 9.98. The quantitative estimate of drug-likeness (QED) is 0.881. The summed E-state index contributed by atoms with van der Waals surface area (Å²) < 4.78 is 5.70. The van der Waals surface area contributed by atoms with Crippen LogP contribution in [-0.4, -0.2) is 44.3 Å². The summed E-state index contributed by atoms with van der Waals surface area (Å²) in [7, 11) is 2.22. The Bertz CT molecular complexity index is 415. The van der Waals surface area contributed by atoms with Crippen LogP contribution in [-0.2, 0) is 4.74 Å². The molecule has 1 fully saturated rings. The monoisotopic (exact) mass is 260 g/mol. The first-order valence-corrected chi connectivity index (χ1v) is 7.46. The van der Waals surface area contributed by atoms with Crippen molar-refractivity contribution in [3.63, 3.8) is 0 Å². The van der Waals surface area contributed by atoms with Crippen LogP contribution in [0.25, 0.3) is 0 Å². The standard InChI is InChI=1S/C16H24N2O/c1-18(12-14-5-4-10-19-14)9-8-13-11-17-16-7-3-2-6-15(13)16/h2-3,6-7,13-14,17H,4-5,8-12H2,1H3. The molecule has 2 heterocycles. The molecular weight excluding hydrogens is 236 g/mol. The second kappa shape index (κ2) is 5.93. The number of likely N-dealkylation sites (N-methyl/N-ethyl adjacent to an activating group) is 1. The number of hydrogen-bond donors (Lipinski definition) is 1. The van der Waals surface area contributed by atoms with E-state index in [9.17, 15) is 0 Å². The van der Waals surface area contributed by atoms with Gasteiger partial charge in [-0.05, 0) is 44.5 Å². The van der Waals surface area contributed by atoms with E-state index in [4.69, 9.17) is 4.74 Å². The molecule has 3 nitrogen and oxygen atoms in total. The molecule has 1 saturated heterocycles. The molecule has 3 heteroatoms. The SMILES string of the molecule is CN(CCC1CNc2ccccc21)CC1CCCO1. The number of nitrogens with one attached hydrogen (secondary N) is 1. The maximum absolute atomic E-state index is 5.70.